The second kappa shape index (κ2) is 9.82. The zero-order valence-corrected chi connectivity index (χ0v) is 20.6. The van der Waals surface area contributed by atoms with Crippen molar-refractivity contribution in [2.45, 2.75) is 16.8 Å². The van der Waals surface area contributed by atoms with Gasteiger partial charge in [0.05, 0.1) is 4.90 Å². The first-order valence-electron chi connectivity index (χ1n) is 11.1. The predicted octanol–water partition coefficient (Wildman–Crippen LogP) is 7.34. The van der Waals surface area contributed by atoms with Gasteiger partial charge in [0.15, 0.2) is 10.8 Å². The van der Waals surface area contributed by atoms with Gasteiger partial charge in [0.1, 0.15) is 5.82 Å². The van der Waals surface area contributed by atoms with Gasteiger partial charge in [-0.2, -0.15) is 0 Å². The lowest BCUT2D eigenvalue weighted by atomic mass is 10.2. The second-order valence-electron chi connectivity index (χ2n) is 7.96. The molecule has 1 aromatic heterocycles. The molecule has 0 radical (unpaired) electrons. The molecule has 174 valence electrons. The molecular formula is C28H23N3O2S2. The van der Waals surface area contributed by atoms with Crippen molar-refractivity contribution in [2.24, 2.45) is 0 Å². The number of imidazole rings is 1. The molecular weight excluding hydrogens is 474 g/mol. The molecule has 0 unspecified atom stereocenters. The third-order valence-electron chi connectivity index (χ3n) is 5.45. The van der Waals surface area contributed by atoms with E-state index >= 15 is 0 Å². The van der Waals surface area contributed by atoms with Crippen LogP contribution in [0.15, 0.2) is 125 Å². The molecule has 0 atom stereocenters. The fourth-order valence-electron chi connectivity index (χ4n) is 3.71. The van der Waals surface area contributed by atoms with E-state index in [1.54, 1.807) is 24.3 Å². The number of nitrogens with one attached hydrogen (secondary N) is 1. The lowest BCUT2D eigenvalue weighted by Crippen LogP contribution is -2.11. The van der Waals surface area contributed by atoms with Gasteiger partial charge in [0.25, 0.3) is 0 Å². The molecule has 0 fully saturated rings. The fourth-order valence-corrected chi connectivity index (χ4v) is 6.43. The number of benzene rings is 4. The van der Waals surface area contributed by atoms with Crippen molar-refractivity contribution in [1.82, 2.24) is 9.97 Å². The molecule has 0 aliphatic carbocycles. The van der Waals surface area contributed by atoms with Crippen molar-refractivity contribution < 1.29 is 8.42 Å². The quantitative estimate of drug-likeness (QED) is 0.238. The average Bonchev–Trinajstić information content (AvgIpc) is 3.29. The number of anilines is 3. The van der Waals surface area contributed by atoms with Gasteiger partial charge < -0.3 is 4.98 Å². The molecule has 0 aliphatic heterocycles. The molecule has 35 heavy (non-hydrogen) atoms. The lowest BCUT2D eigenvalue weighted by molar-refractivity contribution is 0.610. The van der Waals surface area contributed by atoms with E-state index in [0.717, 1.165) is 33.3 Å². The van der Waals surface area contributed by atoms with Crippen LogP contribution in [0.5, 0.6) is 0 Å². The van der Waals surface area contributed by atoms with Crippen LogP contribution in [0.25, 0.3) is 11.4 Å². The van der Waals surface area contributed by atoms with Crippen LogP contribution >= 0.6 is 10.8 Å². The van der Waals surface area contributed by atoms with Crippen LogP contribution in [0, 0.1) is 6.92 Å². The molecule has 7 heteroatoms. The Labute approximate surface area is 208 Å². The average molecular weight is 498 g/mol. The van der Waals surface area contributed by atoms with Crippen LogP contribution in [0.2, 0.25) is 0 Å². The Morgan fingerprint density at radius 3 is 1.77 bits per heavy atom. The van der Waals surface area contributed by atoms with Gasteiger partial charge in [-0.25, -0.2) is 13.4 Å². The summed E-state index contributed by atoms with van der Waals surface area (Å²) in [6.07, 6.45) is 0. The summed E-state index contributed by atoms with van der Waals surface area (Å²) in [5.74, 6) is 1.18. The first-order valence-corrected chi connectivity index (χ1v) is 13.9. The number of hydrogen-bond donors (Lipinski definition) is 1. The van der Waals surface area contributed by atoms with Gasteiger partial charge in [-0.1, -0.05) is 84.4 Å². The Hall–Kier alpha value is -3.81. The van der Waals surface area contributed by atoms with Crippen molar-refractivity contribution in [2.75, 3.05) is 4.90 Å². The molecule has 4 aromatic carbocycles. The first-order chi connectivity index (χ1) is 17.0. The van der Waals surface area contributed by atoms with E-state index < -0.39 is 8.87 Å². The van der Waals surface area contributed by atoms with E-state index in [2.05, 4.69) is 4.98 Å². The van der Waals surface area contributed by atoms with Crippen LogP contribution in [0.3, 0.4) is 0 Å². The van der Waals surface area contributed by atoms with Crippen molar-refractivity contribution in [3.8, 4) is 11.4 Å². The number of H-pyrrole nitrogens is 1. The number of rotatable bonds is 7. The van der Waals surface area contributed by atoms with Crippen LogP contribution in [-0.4, -0.2) is 18.4 Å². The van der Waals surface area contributed by atoms with Gasteiger partial charge in [0.2, 0.25) is 8.87 Å². The molecule has 0 spiro atoms. The molecule has 0 saturated carbocycles. The second-order valence-corrected chi connectivity index (χ2v) is 11.7. The summed E-state index contributed by atoms with van der Waals surface area (Å²) in [6.45, 7) is 1.93. The highest BCUT2D eigenvalue weighted by molar-refractivity contribution is 8.72. The monoisotopic (exact) mass is 497 g/mol. The minimum atomic E-state index is -3.71. The van der Waals surface area contributed by atoms with Gasteiger partial charge in [0, 0.05) is 27.7 Å². The van der Waals surface area contributed by atoms with Gasteiger partial charge in [-0.05, 0) is 43.3 Å². The SMILES string of the molecule is Cc1ccc(S(=O)(=O)Sc2nc(-c3ccccc3)[nH]c2N(c2ccccc2)c2ccccc2)cc1. The van der Waals surface area contributed by atoms with Crippen molar-refractivity contribution >= 4 is 36.9 Å². The maximum absolute atomic E-state index is 13.4. The Morgan fingerprint density at radius 1 is 0.714 bits per heavy atom. The Bertz CT molecular complexity index is 1480. The normalized spacial score (nSPS) is 11.3. The summed E-state index contributed by atoms with van der Waals surface area (Å²) < 4.78 is 26.8. The third-order valence-corrected chi connectivity index (χ3v) is 8.67. The smallest absolute Gasteiger partial charge is 0.236 e. The molecule has 5 aromatic rings. The number of hydrogen-bond acceptors (Lipinski definition) is 5. The third kappa shape index (κ3) is 5.01. The summed E-state index contributed by atoms with van der Waals surface area (Å²) in [5, 5.41) is 0.372. The highest BCUT2D eigenvalue weighted by Gasteiger charge is 2.26. The largest absolute Gasteiger partial charge is 0.323 e. The van der Waals surface area contributed by atoms with E-state index in [0.29, 0.717) is 16.7 Å². The fraction of sp³-hybridized carbons (Fsp3) is 0.0357. The summed E-state index contributed by atoms with van der Waals surface area (Å²) in [5.41, 5.74) is 3.64. The number of aromatic nitrogens is 2. The molecule has 1 heterocycles. The molecule has 5 nitrogen and oxygen atoms in total. The van der Waals surface area contributed by atoms with Gasteiger partial charge in [-0.3, -0.25) is 4.90 Å². The first kappa shape index (κ1) is 23.0. The van der Waals surface area contributed by atoms with E-state index in [9.17, 15) is 8.42 Å². The van der Waals surface area contributed by atoms with Gasteiger partial charge >= 0.3 is 0 Å². The Kier molecular flexibility index (Phi) is 6.44. The van der Waals surface area contributed by atoms with E-state index in [4.69, 9.17) is 4.98 Å². The maximum Gasteiger partial charge on any atom is 0.236 e. The van der Waals surface area contributed by atoms with Crippen LogP contribution in [0.1, 0.15) is 5.56 Å². The topological polar surface area (TPSA) is 66.1 Å². The molecule has 0 aliphatic rings. The molecule has 0 bridgehead atoms. The standard InChI is InChI=1S/C28H23N3O2S2/c1-21-17-19-25(20-18-21)35(32,33)34-28-27(29-26(30-28)22-11-5-2-6-12-22)31(23-13-7-3-8-14-23)24-15-9-4-10-16-24/h2-20H,1H3,(H,29,30). The zero-order valence-electron chi connectivity index (χ0n) is 19.0. The summed E-state index contributed by atoms with van der Waals surface area (Å²) >= 11 is 0. The molecule has 5 rings (SSSR count). The number of aromatic amines is 1. The van der Waals surface area contributed by atoms with Crippen LogP contribution < -0.4 is 4.90 Å². The Morgan fingerprint density at radius 2 is 1.23 bits per heavy atom. The van der Waals surface area contributed by atoms with Crippen molar-refractivity contribution in [1.29, 1.82) is 0 Å². The van der Waals surface area contributed by atoms with E-state index in [1.165, 1.54) is 0 Å². The highest BCUT2D eigenvalue weighted by Crippen LogP contribution is 2.43. The number of para-hydroxylation sites is 2. The molecule has 0 saturated heterocycles. The summed E-state index contributed by atoms with van der Waals surface area (Å²) in [6, 6.07) is 36.2. The minimum Gasteiger partial charge on any atom is -0.323 e. The maximum atomic E-state index is 13.4. The summed E-state index contributed by atoms with van der Waals surface area (Å²) in [7, 11) is -2.96. The number of aryl methyl sites for hydroxylation is 1. The minimum absolute atomic E-state index is 0.245. The predicted molar refractivity (Wildman–Crippen MR) is 143 cm³/mol. The van der Waals surface area contributed by atoms with Crippen LogP contribution in [-0.2, 0) is 8.87 Å². The molecule has 1 N–H and O–H groups in total. The van der Waals surface area contributed by atoms with Gasteiger partial charge in [-0.15, -0.1) is 0 Å². The van der Waals surface area contributed by atoms with Crippen molar-refractivity contribution in [3.05, 3.63) is 121 Å². The van der Waals surface area contributed by atoms with E-state index in [1.807, 2.05) is 103 Å². The summed E-state index contributed by atoms with van der Waals surface area (Å²) in [4.78, 5) is 10.4. The number of nitrogens with zero attached hydrogens (tertiary/aromatic N) is 2. The zero-order chi connectivity index (χ0) is 24.3. The van der Waals surface area contributed by atoms with Crippen LogP contribution in [0.4, 0.5) is 17.2 Å². The lowest BCUT2D eigenvalue weighted by Gasteiger charge is -2.24. The van der Waals surface area contributed by atoms with E-state index in [-0.39, 0.29) is 4.90 Å². The van der Waals surface area contributed by atoms with Crippen molar-refractivity contribution in [3.63, 3.8) is 0 Å². The molecule has 0 amide bonds. The highest BCUT2D eigenvalue weighted by atomic mass is 33.1. The Balaban J connectivity index is 1.68.